The molecule has 0 atom stereocenters. The number of nitrogens with zero attached hydrogens (tertiary/aromatic N) is 4. The van der Waals surface area contributed by atoms with Gasteiger partial charge in [-0.3, -0.25) is 4.79 Å². The van der Waals surface area contributed by atoms with E-state index in [0.717, 1.165) is 57.5 Å². The Morgan fingerprint density at radius 3 is 2.47 bits per heavy atom. The number of hydrogen-bond acceptors (Lipinski definition) is 5. The van der Waals surface area contributed by atoms with Gasteiger partial charge in [-0.2, -0.15) is 15.0 Å². The maximum atomic E-state index is 12.2. The first-order valence-corrected chi connectivity index (χ1v) is 10.0. The fraction of sp³-hybridized carbons (Fsp3) is 0.217. The van der Waals surface area contributed by atoms with Crippen LogP contribution in [0.5, 0.6) is 0 Å². The van der Waals surface area contributed by atoms with Crippen molar-refractivity contribution in [3.8, 4) is 22.4 Å². The highest BCUT2D eigenvalue weighted by Gasteiger charge is 2.29. The molecule has 5 rings (SSSR count). The van der Waals surface area contributed by atoms with E-state index < -0.39 is 0 Å². The number of pyridine rings is 1. The molecule has 1 aliphatic rings. The van der Waals surface area contributed by atoms with Gasteiger partial charge in [0.1, 0.15) is 11.5 Å². The molecular formula is C23H22N6O. The van der Waals surface area contributed by atoms with Crippen molar-refractivity contribution in [2.75, 3.05) is 17.7 Å². The van der Waals surface area contributed by atoms with Gasteiger partial charge in [0, 0.05) is 48.4 Å². The van der Waals surface area contributed by atoms with Crippen LogP contribution in [0.2, 0.25) is 0 Å². The summed E-state index contributed by atoms with van der Waals surface area (Å²) in [7, 11) is 3.67. The van der Waals surface area contributed by atoms with Crippen molar-refractivity contribution in [2.45, 2.75) is 12.8 Å². The van der Waals surface area contributed by atoms with Crippen molar-refractivity contribution < 1.29 is 4.79 Å². The van der Waals surface area contributed by atoms with Gasteiger partial charge in [0.2, 0.25) is 5.91 Å². The Hall–Kier alpha value is -3.74. The summed E-state index contributed by atoms with van der Waals surface area (Å²) >= 11 is 0. The average molecular weight is 398 g/mol. The summed E-state index contributed by atoms with van der Waals surface area (Å²) in [6, 6.07) is 14.2. The van der Waals surface area contributed by atoms with Gasteiger partial charge in [0.05, 0.1) is 6.20 Å². The van der Waals surface area contributed by atoms with Crippen LogP contribution in [-0.4, -0.2) is 32.9 Å². The Balaban J connectivity index is 1.56. The predicted octanol–water partition coefficient (Wildman–Crippen LogP) is 4.09. The maximum Gasteiger partial charge on any atom is 0.227 e. The van der Waals surface area contributed by atoms with Crippen LogP contribution in [0.4, 0.5) is 11.5 Å². The minimum atomic E-state index is 0.104. The van der Waals surface area contributed by atoms with E-state index >= 15 is 0 Å². The highest BCUT2D eigenvalue weighted by molar-refractivity contribution is 6.05. The average Bonchev–Trinajstić information content (AvgIpc) is 3.54. The van der Waals surface area contributed by atoms with Crippen molar-refractivity contribution in [2.24, 2.45) is 13.0 Å². The molecule has 0 unspecified atom stereocenters. The molecule has 2 aromatic heterocycles. The van der Waals surface area contributed by atoms with E-state index in [9.17, 15) is 4.79 Å². The molecule has 1 saturated carbocycles. The third-order valence-corrected chi connectivity index (χ3v) is 5.43. The first-order valence-electron chi connectivity index (χ1n) is 10.0. The van der Waals surface area contributed by atoms with Crippen LogP contribution in [0.25, 0.3) is 33.2 Å². The van der Waals surface area contributed by atoms with E-state index in [1.54, 1.807) is 18.0 Å². The van der Waals surface area contributed by atoms with Crippen LogP contribution < -0.4 is 10.6 Å². The molecule has 1 aliphatic carbocycles. The molecule has 0 spiro atoms. The van der Waals surface area contributed by atoms with Crippen molar-refractivity contribution in [3.05, 3.63) is 54.9 Å². The van der Waals surface area contributed by atoms with Crippen LogP contribution in [0.3, 0.4) is 0 Å². The molecule has 0 radical (unpaired) electrons. The Bertz CT molecular complexity index is 1240. The number of amides is 1. The first-order chi connectivity index (χ1) is 14.6. The molecule has 0 aliphatic heterocycles. The predicted molar refractivity (Wildman–Crippen MR) is 118 cm³/mol. The number of hydrogen-bond donors (Lipinski definition) is 2. The Labute approximate surface area is 174 Å². The minimum absolute atomic E-state index is 0.104. The van der Waals surface area contributed by atoms with Gasteiger partial charge in [0.15, 0.2) is 0 Å². The number of carbonyl (C=O) groups is 1. The number of fused-ring (bicyclic) bond motifs is 1. The van der Waals surface area contributed by atoms with Crippen molar-refractivity contribution in [1.29, 1.82) is 0 Å². The second kappa shape index (κ2) is 7.26. The molecule has 7 nitrogen and oxygen atoms in total. The maximum absolute atomic E-state index is 12.2. The van der Waals surface area contributed by atoms with Gasteiger partial charge >= 0.3 is 0 Å². The zero-order chi connectivity index (χ0) is 20.7. The summed E-state index contributed by atoms with van der Waals surface area (Å²) in [5.74, 6) is 1.08. The molecule has 1 fully saturated rings. The Kier molecular flexibility index (Phi) is 4.43. The Morgan fingerprint density at radius 1 is 1.03 bits per heavy atom. The quantitative estimate of drug-likeness (QED) is 0.529. The van der Waals surface area contributed by atoms with Gasteiger partial charge in [-0.15, -0.1) is 0 Å². The van der Waals surface area contributed by atoms with Crippen LogP contribution >= 0.6 is 0 Å². The fourth-order valence-electron chi connectivity index (χ4n) is 3.64. The van der Waals surface area contributed by atoms with Gasteiger partial charge in [0.25, 0.3) is 0 Å². The molecule has 30 heavy (non-hydrogen) atoms. The molecular weight excluding hydrogens is 376 g/mol. The van der Waals surface area contributed by atoms with Crippen molar-refractivity contribution in [1.82, 2.24) is 20.0 Å². The largest absolute Gasteiger partial charge is 0.373 e. The zero-order valence-corrected chi connectivity index (χ0v) is 16.9. The second-order valence-electron chi connectivity index (χ2n) is 7.59. The lowest BCUT2D eigenvalue weighted by molar-refractivity contribution is -0.117. The summed E-state index contributed by atoms with van der Waals surface area (Å²) in [6.45, 7) is 0. The van der Waals surface area contributed by atoms with Gasteiger partial charge in [-0.25, -0.2) is 4.98 Å². The molecule has 4 aromatic rings. The third kappa shape index (κ3) is 3.39. The smallest absolute Gasteiger partial charge is 0.227 e. The normalized spacial score (nSPS) is 13.4. The van der Waals surface area contributed by atoms with Crippen LogP contribution in [0.1, 0.15) is 12.8 Å². The lowest BCUT2D eigenvalue weighted by Crippen LogP contribution is -2.13. The van der Waals surface area contributed by atoms with E-state index in [2.05, 4.69) is 37.9 Å². The molecule has 2 aromatic carbocycles. The number of anilines is 2. The highest BCUT2D eigenvalue weighted by atomic mass is 16.2. The lowest BCUT2D eigenvalue weighted by Gasteiger charge is -2.13. The fourth-order valence-corrected chi connectivity index (χ4v) is 3.64. The number of nitrogens with one attached hydrogen (secondary N) is 2. The number of benzene rings is 2. The van der Waals surface area contributed by atoms with E-state index in [-0.39, 0.29) is 11.8 Å². The summed E-state index contributed by atoms with van der Waals surface area (Å²) in [5.41, 5.74) is 4.71. The molecule has 1 amide bonds. The third-order valence-electron chi connectivity index (χ3n) is 5.43. The minimum Gasteiger partial charge on any atom is -0.373 e. The van der Waals surface area contributed by atoms with E-state index in [1.807, 2.05) is 43.6 Å². The first kappa shape index (κ1) is 18.3. The van der Waals surface area contributed by atoms with Crippen LogP contribution in [0, 0.1) is 5.92 Å². The van der Waals surface area contributed by atoms with E-state index in [0.29, 0.717) is 0 Å². The number of aryl methyl sites for hydroxylation is 1. The van der Waals surface area contributed by atoms with Gasteiger partial charge < -0.3 is 10.6 Å². The topological polar surface area (TPSA) is 84.7 Å². The van der Waals surface area contributed by atoms with Gasteiger partial charge in [-0.05, 0) is 42.0 Å². The SMILES string of the molecule is CNc1ncc(-c2ccc(-c3cnn(C)n3)cc2)c2cc(NC(=O)C3CC3)ccc12. The second-order valence-corrected chi connectivity index (χ2v) is 7.59. The molecule has 0 saturated heterocycles. The van der Waals surface area contributed by atoms with E-state index in [4.69, 9.17) is 0 Å². The zero-order valence-electron chi connectivity index (χ0n) is 16.9. The monoisotopic (exact) mass is 398 g/mol. The van der Waals surface area contributed by atoms with Gasteiger partial charge in [-0.1, -0.05) is 24.3 Å². The summed E-state index contributed by atoms with van der Waals surface area (Å²) < 4.78 is 0. The highest BCUT2D eigenvalue weighted by Crippen LogP contribution is 2.35. The molecule has 7 heteroatoms. The van der Waals surface area contributed by atoms with Crippen molar-refractivity contribution >= 4 is 28.2 Å². The standard InChI is InChI=1S/C23H22N6O/c1-24-22-18-10-9-17(27-23(30)16-7-8-16)11-19(18)20(12-25-22)14-3-5-15(6-4-14)21-13-26-29(2)28-21/h3-6,9-13,16H,7-8H2,1-2H3,(H,24,25)(H,27,30). The number of carbonyl (C=O) groups excluding carboxylic acids is 1. The van der Waals surface area contributed by atoms with Crippen molar-refractivity contribution in [3.63, 3.8) is 0 Å². The molecule has 2 N–H and O–H groups in total. The summed E-state index contributed by atoms with van der Waals surface area (Å²) in [4.78, 5) is 18.4. The Morgan fingerprint density at radius 2 is 1.80 bits per heavy atom. The summed E-state index contributed by atoms with van der Waals surface area (Å²) in [5, 5.41) is 16.7. The van der Waals surface area contributed by atoms with E-state index in [1.165, 1.54) is 0 Å². The van der Waals surface area contributed by atoms with Crippen LogP contribution in [-0.2, 0) is 11.8 Å². The molecule has 150 valence electrons. The lowest BCUT2D eigenvalue weighted by atomic mass is 9.98. The number of aromatic nitrogens is 4. The molecule has 0 bridgehead atoms. The van der Waals surface area contributed by atoms with Crippen LogP contribution in [0.15, 0.2) is 54.9 Å². The molecule has 2 heterocycles. The summed E-state index contributed by atoms with van der Waals surface area (Å²) in [6.07, 6.45) is 5.59. The number of rotatable bonds is 5.